The van der Waals surface area contributed by atoms with Crippen LogP contribution < -0.4 is 15.1 Å². The quantitative estimate of drug-likeness (QED) is 0.501. The van der Waals surface area contributed by atoms with Crippen molar-refractivity contribution in [2.45, 2.75) is 46.6 Å². The van der Waals surface area contributed by atoms with Gasteiger partial charge in [-0.2, -0.15) is 0 Å². The second kappa shape index (κ2) is 8.56. The van der Waals surface area contributed by atoms with Gasteiger partial charge in [-0.3, -0.25) is 14.9 Å². The molecule has 0 atom stereocenters. The van der Waals surface area contributed by atoms with Gasteiger partial charge in [0.15, 0.2) is 0 Å². The van der Waals surface area contributed by atoms with E-state index < -0.39 is 23.7 Å². The minimum absolute atomic E-state index is 0.0549. The summed E-state index contributed by atoms with van der Waals surface area (Å²) in [6.07, 6.45) is 4.72. The Bertz CT molecular complexity index is 1280. The van der Waals surface area contributed by atoms with Crippen LogP contribution in [0.1, 0.15) is 50.8 Å². The molecule has 2 aliphatic rings. The van der Waals surface area contributed by atoms with Crippen molar-refractivity contribution in [3.05, 3.63) is 70.6 Å². The standard InChI is InChI=1S/C27H28FN3O3/c1-6-10-30-23-11-16(2)18(12-21(23)17(3)15-27(30,4)5)13-22-24(32)29-26(34)31(25(22)33)20-9-7-8-19(28)14-20/h7-9,11-15H,6,10H2,1-5H3,(H,29,32,34)/b22-13-. The molecule has 0 radical (unpaired) electrons. The van der Waals surface area contributed by atoms with Gasteiger partial charge in [0.05, 0.1) is 11.2 Å². The van der Waals surface area contributed by atoms with Crippen molar-refractivity contribution in [1.82, 2.24) is 5.32 Å². The molecule has 1 saturated heterocycles. The van der Waals surface area contributed by atoms with Gasteiger partial charge >= 0.3 is 6.03 Å². The maximum Gasteiger partial charge on any atom is 0.335 e. The first-order chi connectivity index (χ1) is 16.0. The predicted octanol–water partition coefficient (Wildman–Crippen LogP) is 5.21. The summed E-state index contributed by atoms with van der Waals surface area (Å²) < 4.78 is 13.7. The average Bonchev–Trinajstić information content (AvgIpc) is 2.74. The zero-order valence-corrected chi connectivity index (χ0v) is 20.0. The van der Waals surface area contributed by atoms with Crippen molar-refractivity contribution in [2.75, 3.05) is 16.3 Å². The highest BCUT2D eigenvalue weighted by atomic mass is 19.1. The molecule has 0 aliphatic carbocycles. The second-order valence-electron chi connectivity index (χ2n) is 9.30. The van der Waals surface area contributed by atoms with Crippen molar-refractivity contribution in [3.63, 3.8) is 0 Å². The second-order valence-corrected chi connectivity index (χ2v) is 9.30. The Morgan fingerprint density at radius 2 is 1.82 bits per heavy atom. The molecule has 176 valence electrons. The first kappa shape index (κ1) is 23.4. The number of hydrogen-bond donors (Lipinski definition) is 1. The third-order valence-corrected chi connectivity index (χ3v) is 6.28. The Hall–Kier alpha value is -3.74. The number of hydrogen-bond acceptors (Lipinski definition) is 4. The number of urea groups is 1. The summed E-state index contributed by atoms with van der Waals surface area (Å²) >= 11 is 0. The van der Waals surface area contributed by atoms with Crippen molar-refractivity contribution < 1.29 is 18.8 Å². The molecular formula is C27H28FN3O3. The van der Waals surface area contributed by atoms with Gasteiger partial charge in [-0.15, -0.1) is 0 Å². The van der Waals surface area contributed by atoms with Gasteiger partial charge in [0.2, 0.25) is 0 Å². The molecular weight excluding hydrogens is 433 g/mol. The number of amides is 4. The number of aryl methyl sites for hydroxylation is 1. The summed E-state index contributed by atoms with van der Waals surface area (Å²) in [6, 6.07) is 8.28. The number of anilines is 2. The molecule has 2 aromatic carbocycles. The summed E-state index contributed by atoms with van der Waals surface area (Å²) in [4.78, 5) is 41.3. The molecule has 4 rings (SSSR count). The van der Waals surface area contributed by atoms with Crippen molar-refractivity contribution in [2.24, 2.45) is 0 Å². The number of fused-ring (bicyclic) bond motifs is 1. The Balaban J connectivity index is 1.79. The zero-order valence-electron chi connectivity index (χ0n) is 20.0. The van der Waals surface area contributed by atoms with E-state index in [1.165, 1.54) is 24.3 Å². The topological polar surface area (TPSA) is 69.7 Å². The fourth-order valence-electron chi connectivity index (χ4n) is 4.69. The van der Waals surface area contributed by atoms with E-state index in [-0.39, 0.29) is 16.8 Å². The minimum atomic E-state index is -0.906. The third kappa shape index (κ3) is 4.02. The minimum Gasteiger partial charge on any atom is -0.362 e. The molecule has 2 aromatic rings. The van der Waals surface area contributed by atoms with E-state index in [0.717, 1.165) is 46.3 Å². The average molecular weight is 462 g/mol. The Labute approximate surface area is 198 Å². The molecule has 2 aliphatic heterocycles. The van der Waals surface area contributed by atoms with E-state index in [1.54, 1.807) is 0 Å². The maximum atomic E-state index is 13.7. The third-order valence-electron chi connectivity index (χ3n) is 6.28. The van der Waals surface area contributed by atoms with Gasteiger partial charge in [-0.25, -0.2) is 14.1 Å². The number of benzene rings is 2. The highest BCUT2D eigenvalue weighted by molar-refractivity contribution is 6.39. The Morgan fingerprint density at radius 1 is 1.09 bits per heavy atom. The van der Waals surface area contributed by atoms with E-state index in [0.29, 0.717) is 5.56 Å². The number of barbiturate groups is 1. The Morgan fingerprint density at radius 3 is 2.50 bits per heavy atom. The van der Waals surface area contributed by atoms with Crippen LogP contribution in [0.4, 0.5) is 20.6 Å². The first-order valence-corrected chi connectivity index (χ1v) is 11.3. The maximum absolute atomic E-state index is 13.7. The highest BCUT2D eigenvalue weighted by Gasteiger charge is 2.37. The van der Waals surface area contributed by atoms with E-state index in [9.17, 15) is 18.8 Å². The van der Waals surface area contributed by atoms with Crippen molar-refractivity contribution in [1.29, 1.82) is 0 Å². The summed E-state index contributed by atoms with van der Waals surface area (Å²) in [7, 11) is 0. The number of imide groups is 2. The molecule has 0 saturated carbocycles. The number of nitrogens with one attached hydrogen (secondary N) is 1. The normalized spacial score (nSPS) is 18.7. The highest BCUT2D eigenvalue weighted by Crippen LogP contribution is 2.40. The van der Waals surface area contributed by atoms with Gasteiger partial charge < -0.3 is 4.90 Å². The molecule has 34 heavy (non-hydrogen) atoms. The van der Waals surface area contributed by atoms with E-state index in [1.807, 2.05) is 13.0 Å². The van der Waals surface area contributed by atoms with Crippen LogP contribution in [0.15, 0.2) is 48.0 Å². The summed E-state index contributed by atoms with van der Waals surface area (Å²) in [5, 5.41) is 2.19. The lowest BCUT2D eigenvalue weighted by atomic mass is 9.86. The van der Waals surface area contributed by atoms with Crippen molar-refractivity contribution >= 4 is 40.9 Å². The zero-order chi connectivity index (χ0) is 24.8. The van der Waals surface area contributed by atoms with E-state index >= 15 is 0 Å². The number of carbonyl (C=O) groups is 3. The molecule has 2 heterocycles. The molecule has 7 heteroatoms. The van der Waals surface area contributed by atoms with Gasteiger partial charge in [-0.1, -0.05) is 19.1 Å². The van der Waals surface area contributed by atoms with Crippen molar-refractivity contribution in [3.8, 4) is 0 Å². The number of rotatable bonds is 4. The fourth-order valence-corrected chi connectivity index (χ4v) is 4.69. The Kier molecular flexibility index (Phi) is 5.89. The lowest BCUT2D eigenvalue weighted by Gasteiger charge is -2.43. The number of carbonyl (C=O) groups excluding carboxylic acids is 3. The van der Waals surface area contributed by atoms with Crippen LogP contribution in [0, 0.1) is 12.7 Å². The number of halogens is 1. The molecule has 0 bridgehead atoms. The fraction of sp³-hybridized carbons (Fsp3) is 0.296. The van der Waals surface area contributed by atoms with Crippen LogP contribution in [0.25, 0.3) is 11.6 Å². The SMILES string of the molecule is CCCN1c2cc(C)c(/C=C3/C(=O)NC(=O)N(c4cccc(F)c4)C3=O)cc2C(C)=CC1(C)C. The van der Waals surface area contributed by atoms with Gasteiger partial charge in [0.25, 0.3) is 11.8 Å². The van der Waals surface area contributed by atoms with Gasteiger partial charge in [0.1, 0.15) is 11.4 Å². The molecule has 6 nitrogen and oxygen atoms in total. The van der Waals surface area contributed by atoms with Crippen LogP contribution in [-0.4, -0.2) is 29.9 Å². The predicted molar refractivity (Wildman–Crippen MR) is 132 cm³/mol. The van der Waals surface area contributed by atoms with Crippen LogP contribution in [-0.2, 0) is 9.59 Å². The largest absolute Gasteiger partial charge is 0.362 e. The molecule has 1 fully saturated rings. The smallest absolute Gasteiger partial charge is 0.335 e. The van der Waals surface area contributed by atoms with Gasteiger partial charge in [0, 0.05) is 17.8 Å². The van der Waals surface area contributed by atoms with E-state index in [2.05, 4.69) is 50.1 Å². The first-order valence-electron chi connectivity index (χ1n) is 11.3. The summed E-state index contributed by atoms with van der Waals surface area (Å²) in [6.45, 7) is 11.4. The van der Waals surface area contributed by atoms with Gasteiger partial charge in [-0.05, 0) is 87.2 Å². The lowest BCUT2D eigenvalue weighted by Crippen LogP contribution is -2.54. The molecule has 0 unspecified atom stereocenters. The van der Waals surface area contributed by atoms with Crippen LogP contribution in [0.5, 0.6) is 0 Å². The summed E-state index contributed by atoms with van der Waals surface area (Å²) in [5.41, 5.74) is 4.60. The van der Waals surface area contributed by atoms with E-state index in [4.69, 9.17) is 0 Å². The molecule has 0 aromatic heterocycles. The number of nitrogens with zero attached hydrogens (tertiary/aromatic N) is 2. The molecule has 4 amide bonds. The van der Waals surface area contributed by atoms with Crippen LogP contribution >= 0.6 is 0 Å². The van der Waals surface area contributed by atoms with Crippen LogP contribution in [0.3, 0.4) is 0 Å². The summed E-state index contributed by atoms with van der Waals surface area (Å²) in [5.74, 6) is -2.16. The molecule has 1 N–H and O–H groups in total. The number of allylic oxidation sites excluding steroid dienone is 1. The monoisotopic (exact) mass is 461 g/mol. The lowest BCUT2D eigenvalue weighted by molar-refractivity contribution is -0.122. The van der Waals surface area contributed by atoms with Crippen LogP contribution in [0.2, 0.25) is 0 Å². The molecule has 0 spiro atoms.